The summed E-state index contributed by atoms with van der Waals surface area (Å²) in [4.78, 5) is 15.8. The van der Waals surface area contributed by atoms with Crippen LogP contribution in [0.25, 0.3) is 11.3 Å². The summed E-state index contributed by atoms with van der Waals surface area (Å²) < 4.78 is 0. The lowest BCUT2D eigenvalue weighted by molar-refractivity contribution is 0.100. The van der Waals surface area contributed by atoms with Crippen molar-refractivity contribution in [3.8, 4) is 11.3 Å². The fraction of sp³-hybridized carbons (Fsp3) is 0.250. The molecule has 0 saturated heterocycles. The molecule has 0 aliphatic heterocycles. The monoisotopic (exact) mass is 254 g/mol. The number of hydrogen-bond donors (Lipinski definition) is 1. The summed E-state index contributed by atoms with van der Waals surface area (Å²) >= 11 is 0. The number of hydrogen-bond acceptors (Lipinski definition) is 2. The minimum Gasteiger partial charge on any atom is -0.366 e. The predicted molar refractivity (Wildman–Crippen MR) is 76.9 cm³/mol. The second kappa shape index (κ2) is 4.84. The van der Waals surface area contributed by atoms with Crippen LogP contribution >= 0.6 is 0 Å². The molecule has 2 aromatic rings. The lowest BCUT2D eigenvalue weighted by Crippen LogP contribution is -2.14. The number of primary amides is 1. The van der Waals surface area contributed by atoms with E-state index >= 15 is 0 Å². The molecule has 3 heteroatoms. The quantitative estimate of drug-likeness (QED) is 0.895. The third kappa shape index (κ3) is 2.81. The van der Waals surface area contributed by atoms with E-state index < -0.39 is 5.91 Å². The van der Waals surface area contributed by atoms with E-state index in [2.05, 4.69) is 37.9 Å². The third-order valence-electron chi connectivity index (χ3n) is 3.08. The molecule has 0 spiro atoms. The Hall–Kier alpha value is -2.16. The molecule has 1 aromatic carbocycles. The van der Waals surface area contributed by atoms with Gasteiger partial charge in [-0.2, -0.15) is 0 Å². The van der Waals surface area contributed by atoms with Gasteiger partial charge in [0.05, 0.1) is 11.3 Å². The van der Waals surface area contributed by atoms with Gasteiger partial charge in [0.25, 0.3) is 5.91 Å². The fourth-order valence-corrected chi connectivity index (χ4v) is 1.97. The number of benzene rings is 1. The Morgan fingerprint density at radius 1 is 1.16 bits per heavy atom. The maximum absolute atomic E-state index is 11.5. The van der Waals surface area contributed by atoms with Crippen molar-refractivity contribution >= 4 is 5.91 Å². The van der Waals surface area contributed by atoms with E-state index in [0.717, 1.165) is 5.56 Å². The number of nitrogens with zero attached hydrogens (tertiary/aromatic N) is 1. The lowest BCUT2D eigenvalue weighted by Gasteiger charge is -2.20. The van der Waals surface area contributed by atoms with E-state index in [1.807, 2.05) is 12.1 Å². The molecule has 2 rings (SSSR count). The second-order valence-corrected chi connectivity index (χ2v) is 5.59. The van der Waals surface area contributed by atoms with Gasteiger partial charge in [-0.25, -0.2) is 0 Å². The van der Waals surface area contributed by atoms with E-state index in [1.165, 1.54) is 5.56 Å². The highest BCUT2D eigenvalue weighted by molar-refractivity contribution is 5.98. The first-order chi connectivity index (χ1) is 8.89. The molecule has 98 valence electrons. The van der Waals surface area contributed by atoms with Gasteiger partial charge in [0, 0.05) is 11.8 Å². The molecule has 0 aliphatic carbocycles. The summed E-state index contributed by atoms with van der Waals surface area (Å²) in [5, 5.41) is 0. The SMILES string of the molecule is CC(C)(C)c1cccc(-c2ncccc2C(N)=O)c1. The minimum absolute atomic E-state index is 0.0533. The van der Waals surface area contributed by atoms with Gasteiger partial charge in [-0.05, 0) is 29.2 Å². The highest BCUT2D eigenvalue weighted by atomic mass is 16.1. The molecule has 0 aliphatic rings. The van der Waals surface area contributed by atoms with Crippen LogP contribution in [0, 0.1) is 0 Å². The molecule has 1 heterocycles. The summed E-state index contributed by atoms with van der Waals surface area (Å²) in [5.41, 5.74) is 8.66. The van der Waals surface area contributed by atoms with Crippen LogP contribution in [0.1, 0.15) is 36.7 Å². The number of carbonyl (C=O) groups is 1. The van der Waals surface area contributed by atoms with E-state index in [9.17, 15) is 4.79 Å². The van der Waals surface area contributed by atoms with E-state index in [0.29, 0.717) is 11.3 Å². The van der Waals surface area contributed by atoms with Crippen LogP contribution in [0.15, 0.2) is 42.6 Å². The van der Waals surface area contributed by atoms with Crippen LogP contribution in [0.4, 0.5) is 0 Å². The largest absolute Gasteiger partial charge is 0.366 e. The van der Waals surface area contributed by atoms with Gasteiger partial charge in [0.1, 0.15) is 0 Å². The first-order valence-electron chi connectivity index (χ1n) is 6.25. The minimum atomic E-state index is -0.454. The van der Waals surface area contributed by atoms with Gasteiger partial charge in [-0.3, -0.25) is 9.78 Å². The molecular formula is C16H18N2O. The van der Waals surface area contributed by atoms with Crippen LogP contribution in [0.5, 0.6) is 0 Å². The van der Waals surface area contributed by atoms with E-state index in [1.54, 1.807) is 18.3 Å². The van der Waals surface area contributed by atoms with Crippen LogP contribution in [0.2, 0.25) is 0 Å². The molecule has 1 amide bonds. The molecule has 0 atom stereocenters. The van der Waals surface area contributed by atoms with Gasteiger partial charge in [0.2, 0.25) is 0 Å². The van der Waals surface area contributed by atoms with Crippen molar-refractivity contribution in [1.82, 2.24) is 4.98 Å². The summed E-state index contributed by atoms with van der Waals surface area (Å²) in [6.45, 7) is 6.46. The molecule has 0 unspecified atom stereocenters. The smallest absolute Gasteiger partial charge is 0.250 e. The molecule has 19 heavy (non-hydrogen) atoms. The molecule has 1 aromatic heterocycles. The first-order valence-corrected chi connectivity index (χ1v) is 6.25. The maximum Gasteiger partial charge on any atom is 0.250 e. The van der Waals surface area contributed by atoms with Crippen LogP contribution < -0.4 is 5.73 Å². The zero-order valence-electron chi connectivity index (χ0n) is 11.5. The molecule has 0 fully saturated rings. The number of carbonyl (C=O) groups excluding carboxylic acids is 1. The average molecular weight is 254 g/mol. The summed E-state index contributed by atoms with van der Waals surface area (Å²) in [6, 6.07) is 11.5. The van der Waals surface area contributed by atoms with Crippen LogP contribution in [-0.2, 0) is 5.41 Å². The highest BCUT2D eigenvalue weighted by Gasteiger charge is 2.16. The molecule has 0 saturated carbocycles. The molecule has 3 nitrogen and oxygen atoms in total. The molecular weight excluding hydrogens is 236 g/mol. The van der Waals surface area contributed by atoms with Crippen LogP contribution in [-0.4, -0.2) is 10.9 Å². The number of pyridine rings is 1. The van der Waals surface area contributed by atoms with Crippen molar-refractivity contribution in [2.45, 2.75) is 26.2 Å². The Balaban J connectivity index is 2.57. The number of nitrogens with two attached hydrogens (primary N) is 1. The topological polar surface area (TPSA) is 56.0 Å². The first kappa shape index (κ1) is 13.3. The van der Waals surface area contributed by atoms with Gasteiger partial charge in [-0.1, -0.05) is 39.0 Å². The van der Waals surface area contributed by atoms with Gasteiger partial charge >= 0.3 is 0 Å². The zero-order valence-corrected chi connectivity index (χ0v) is 11.5. The second-order valence-electron chi connectivity index (χ2n) is 5.59. The number of rotatable bonds is 2. The van der Waals surface area contributed by atoms with Crippen molar-refractivity contribution in [3.05, 3.63) is 53.7 Å². The Kier molecular flexibility index (Phi) is 3.38. The maximum atomic E-state index is 11.5. The highest BCUT2D eigenvalue weighted by Crippen LogP contribution is 2.28. The Morgan fingerprint density at radius 3 is 2.53 bits per heavy atom. The average Bonchev–Trinajstić information content (AvgIpc) is 2.38. The van der Waals surface area contributed by atoms with E-state index in [4.69, 9.17) is 5.73 Å². The van der Waals surface area contributed by atoms with Crippen molar-refractivity contribution in [1.29, 1.82) is 0 Å². The summed E-state index contributed by atoms with van der Waals surface area (Å²) in [6.07, 6.45) is 1.67. The van der Waals surface area contributed by atoms with Crippen molar-refractivity contribution < 1.29 is 4.79 Å². The zero-order chi connectivity index (χ0) is 14.0. The lowest BCUT2D eigenvalue weighted by atomic mass is 9.85. The van der Waals surface area contributed by atoms with Crippen molar-refractivity contribution in [2.75, 3.05) is 0 Å². The normalized spacial score (nSPS) is 11.3. The number of aromatic nitrogens is 1. The Morgan fingerprint density at radius 2 is 1.89 bits per heavy atom. The summed E-state index contributed by atoms with van der Waals surface area (Å²) in [5.74, 6) is -0.454. The molecule has 2 N–H and O–H groups in total. The van der Waals surface area contributed by atoms with Gasteiger partial charge < -0.3 is 5.73 Å². The Bertz CT molecular complexity index is 612. The molecule has 0 radical (unpaired) electrons. The van der Waals surface area contributed by atoms with Crippen LogP contribution in [0.3, 0.4) is 0 Å². The van der Waals surface area contributed by atoms with Crippen molar-refractivity contribution in [3.63, 3.8) is 0 Å². The molecule has 0 bridgehead atoms. The standard InChI is InChI=1S/C16H18N2O/c1-16(2,3)12-7-4-6-11(10-12)14-13(15(17)19)8-5-9-18-14/h4-10H,1-3H3,(H2,17,19). The summed E-state index contributed by atoms with van der Waals surface area (Å²) in [7, 11) is 0. The number of amides is 1. The Labute approximate surface area is 113 Å². The predicted octanol–water partition coefficient (Wildman–Crippen LogP) is 3.15. The van der Waals surface area contributed by atoms with Gasteiger partial charge in [-0.15, -0.1) is 0 Å². The van der Waals surface area contributed by atoms with E-state index in [-0.39, 0.29) is 5.41 Å². The van der Waals surface area contributed by atoms with Crippen molar-refractivity contribution in [2.24, 2.45) is 5.73 Å². The van der Waals surface area contributed by atoms with Gasteiger partial charge in [0.15, 0.2) is 0 Å². The third-order valence-corrected chi connectivity index (χ3v) is 3.08. The fourth-order valence-electron chi connectivity index (χ4n) is 1.97.